The molecule has 2 atom stereocenters. The normalized spacial score (nSPS) is 14.2. The van der Waals surface area contributed by atoms with Gasteiger partial charge in [-0.1, -0.05) is 22.9 Å². The molecule has 0 aromatic heterocycles. The van der Waals surface area contributed by atoms with Crippen LogP contribution < -0.4 is 5.32 Å². The predicted octanol–water partition coefficient (Wildman–Crippen LogP) is 3.74. The molecule has 5 heteroatoms. The Labute approximate surface area is 117 Å². The highest BCUT2D eigenvalue weighted by Gasteiger charge is 2.16. The van der Waals surface area contributed by atoms with Crippen LogP contribution in [0.2, 0.25) is 0 Å². The van der Waals surface area contributed by atoms with E-state index in [0.29, 0.717) is 16.0 Å². The molecular weight excluding hydrogens is 353 g/mol. The predicted molar refractivity (Wildman–Crippen MR) is 74.0 cm³/mol. The summed E-state index contributed by atoms with van der Waals surface area (Å²) in [6.07, 6.45) is 0. The van der Waals surface area contributed by atoms with Gasteiger partial charge in [0.2, 0.25) is 0 Å². The largest absolute Gasteiger partial charge is 0.349 e. The van der Waals surface area contributed by atoms with Crippen molar-refractivity contribution < 1.29 is 9.18 Å². The number of halogens is 3. The highest BCUT2D eigenvalue weighted by atomic mass is 79.9. The Morgan fingerprint density at radius 1 is 1.47 bits per heavy atom. The zero-order valence-corrected chi connectivity index (χ0v) is 12.8. The van der Waals surface area contributed by atoms with Gasteiger partial charge in [-0.3, -0.25) is 4.79 Å². The molecule has 2 unspecified atom stereocenters. The fourth-order valence-corrected chi connectivity index (χ4v) is 2.33. The fourth-order valence-electron chi connectivity index (χ4n) is 1.23. The third kappa shape index (κ3) is 4.07. The number of alkyl halides is 1. The summed E-state index contributed by atoms with van der Waals surface area (Å²) in [4.78, 5) is 11.9. The van der Waals surface area contributed by atoms with Crippen molar-refractivity contribution in [2.45, 2.75) is 19.9 Å². The van der Waals surface area contributed by atoms with Crippen molar-refractivity contribution in [2.75, 3.05) is 5.33 Å². The monoisotopic (exact) mass is 365 g/mol. The number of rotatable bonds is 4. The van der Waals surface area contributed by atoms with Crippen molar-refractivity contribution in [2.24, 2.45) is 5.92 Å². The maximum atomic E-state index is 12.9. The molecule has 2 nitrogen and oxygen atoms in total. The number of hydrogen-bond acceptors (Lipinski definition) is 1. The summed E-state index contributed by atoms with van der Waals surface area (Å²) in [5, 5.41) is 3.70. The minimum atomic E-state index is -0.365. The van der Waals surface area contributed by atoms with Crippen molar-refractivity contribution in [3.63, 3.8) is 0 Å². The van der Waals surface area contributed by atoms with Crippen LogP contribution in [0.5, 0.6) is 0 Å². The van der Waals surface area contributed by atoms with Gasteiger partial charge < -0.3 is 5.32 Å². The molecule has 0 radical (unpaired) electrons. The van der Waals surface area contributed by atoms with E-state index in [0.717, 1.165) is 5.33 Å². The molecule has 0 aliphatic rings. The van der Waals surface area contributed by atoms with Crippen LogP contribution >= 0.6 is 31.9 Å². The topological polar surface area (TPSA) is 29.1 Å². The summed E-state index contributed by atoms with van der Waals surface area (Å²) in [7, 11) is 0. The molecule has 0 saturated heterocycles. The lowest BCUT2D eigenvalue weighted by atomic mass is 10.1. The first kappa shape index (κ1) is 14.6. The van der Waals surface area contributed by atoms with Crippen LogP contribution in [0.4, 0.5) is 4.39 Å². The van der Waals surface area contributed by atoms with E-state index in [9.17, 15) is 9.18 Å². The molecule has 0 heterocycles. The Balaban J connectivity index is 2.76. The maximum Gasteiger partial charge on any atom is 0.252 e. The van der Waals surface area contributed by atoms with Crippen LogP contribution in [-0.2, 0) is 0 Å². The molecule has 1 rings (SSSR count). The minimum Gasteiger partial charge on any atom is -0.349 e. The van der Waals surface area contributed by atoms with Crippen LogP contribution in [0.25, 0.3) is 0 Å². The van der Waals surface area contributed by atoms with Crippen molar-refractivity contribution in [1.82, 2.24) is 5.32 Å². The minimum absolute atomic E-state index is 0.0545. The van der Waals surface area contributed by atoms with E-state index >= 15 is 0 Å². The lowest BCUT2D eigenvalue weighted by Crippen LogP contribution is -2.37. The molecule has 0 bridgehead atoms. The smallest absolute Gasteiger partial charge is 0.252 e. The molecule has 0 aliphatic carbocycles. The second-order valence-corrected chi connectivity index (χ2v) is 5.52. The molecule has 1 aromatic carbocycles. The zero-order chi connectivity index (χ0) is 13.0. The third-order valence-electron chi connectivity index (χ3n) is 2.63. The summed E-state index contributed by atoms with van der Waals surface area (Å²) >= 11 is 6.56. The SMILES string of the molecule is CC(CBr)C(C)NC(=O)c1ccc(F)cc1Br. The molecule has 94 valence electrons. The Kier molecular flexibility index (Phi) is 5.59. The van der Waals surface area contributed by atoms with Gasteiger partial charge in [0.05, 0.1) is 5.56 Å². The van der Waals surface area contributed by atoms with Crippen molar-refractivity contribution in [3.05, 3.63) is 34.1 Å². The molecule has 17 heavy (non-hydrogen) atoms. The van der Waals surface area contributed by atoms with E-state index in [4.69, 9.17) is 0 Å². The van der Waals surface area contributed by atoms with Crippen molar-refractivity contribution in [3.8, 4) is 0 Å². The second kappa shape index (κ2) is 6.50. The maximum absolute atomic E-state index is 12.9. The van der Waals surface area contributed by atoms with Gasteiger partial charge in [-0.25, -0.2) is 4.39 Å². The number of hydrogen-bond donors (Lipinski definition) is 1. The van der Waals surface area contributed by atoms with Crippen LogP contribution in [0.1, 0.15) is 24.2 Å². The van der Waals surface area contributed by atoms with Crippen molar-refractivity contribution in [1.29, 1.82) is 0 Å². The van der Waals surface area contributed by atoms with Crippen LogP contribution in [0.3, 0.4) is 0 Å². The standard InChI is InChI=1S/C12H14Br2FNO/c1-7(6-13)8(2)16-12(17)10-4-3-9(15)5-11(10)14/h3-5,7-8H,6H2,1-2H3,(H,16,17). The van der Waals surface area contributed by atoms with Gasteiger partial charge in [0.15, 0.2) is 0 Å². The molecule has 0 spiro atoms. The van der Waals surface area contributed by atoms with Gasteiger partial charge in [0, 0.05) is 15.8 Å². The van der Waals surface area contributed by atoms with Crippen LogP contribution in [0, 0.1) is 11.7 Å². The van der Waals surface area contributed by atoms with Gasteiger partial charge in [-0.15, -0.1) is 0 Å². The number of amides is 1. The number of benzene rings is 1. The zero-order valence-electron chi connectivity index (χ0n) is 9.64. The Bertz CT molecular complexity index is 411. The second-order valence-electron chi connectivity index (χ2n) is 4.02. The lowest BCUT2D eigenvalue weighted by molar-refractivity contribution is 0.0930. The summed E-state index contributed by atoms with van der Waals surface area (Å²) in [6.45, 7) is 3.99. The number of carbonyl (C=O) groups is 1. The number of nitrogens with one attached hydrogen (secondary N) is 1. The average Bonchev–Trinajstić information content (AvgIpc) is 2.27. The summed E-state index contributed by atoms with van der Waals surface area (Å²) < 4.78 is 13.4. The summed E-state index contributed by atoms with van der Waals surface area (Å²) in [6, 6.07) is 4.09. The first-order valence-corrected chi connectivity index (χ1v) is 7.19. The molecule has 1 aromatic rings. The van der Waals surface area contributed by atoms with E-state index < -0.39 is 0 Å². The number of carbonyl (C=O) groups excluding carboxylic acids is 1. The Morgan fingerprint density at radius 3 is 2.65 bits per heavy atom. The van der Waals surface area contributed by atoms with Crippen molar-refractivity contribution >= 4 is 37.8 Å². The van der Waals surface area contributed by atoms with E-state index in [1.54, 1.807) is 0 Å². The highest BCUT2D eigenvalue weighted by molar-refractivity contribution is 9.10. The van der Waals surface area contributed by atoms with Gasteiger partial charge in [0.1, 0.15) is 5.82 Å². The molecule has 0 saturated carbocycles. The van der Waals surface area contributed by atoms with E-state index in [2.05, 4.69) is 37.2 Å². The quantitative estimate of drug-likeness (QED) is 0.808. The molecule has 0 aliphatic heterocycles. The van der Waals surface area contributed by atoms with Gasteiger partial charge in [-0.05, 0) is 47.0 Å². The molecule has 0 fully saturated rings. The molecule has 1 amide bonds. The van der Waals surface area contributed by atoms with E-state index in [1.165, 1.54) is 18.2 Å². The first-order chi connectivity index (χ1) is 7.95. The molecule has 1 N–H and O–H groups in total. The van der Waals surface area contributed by atoms with Gasteiger partial charge in [-0.2, -0.15) is 0 Å². The van der Waals surface area contributed by atoms with Crippen LogP contribution in [-0.4, -0.2) is 17.3 Å². The lowest BCUT2D eigenvalue weighted by Gasteiger charge is -2.19. The first-order valence-electron chi connectivity index (χ1n) is 5.27. The Hall–Kier alpha value is -0.420. The Morgan fingerprint density at radius 2 is 2.12 bits per heavy atom. The van der Waals surface area contributed by atoms with Crippen LogP contribution in [0.15, 0.2) is 22.7 Å². The highest BCUT2D eigenvalue weighted by Crippen LogP contribution is 2.18. The molecular formula is C12H14Br2FNO. The fraction of sp³-hybridized carbons (Fsp3) is 0.417. The summed E-state index contributed by atoms with van der Waals surface area (Å²) in [5.74, 6) is -0.231. The average molecular weight is 367 g/mol. The van der Waals surface area contributed by atoms with Gasteiger partial charge >= 0.3 is 0 Å². The van der Waals surface area contributed by atoms with Gasteiger partial charge in [0.25, 0.3) is 5.91 Å². The third-order valence-corrected chi connectivity index (χ3v) is 4.31. The van der Waals surface area contributed by atoms with E-state index in [1.807, 2.05) is 13.8 Å². The summed E-state index contributed by atoms with van der Waals surface area (Å²) in [5.41, 5.74) is 0.444. The van der Waals surface area contributed by atoms with E-state index in [-0.39, 0.29) is 17.8 Å².